The van der Waals surface area contributed by atoms with Gasteiger partial charge in [0.15, 0.2) is 6.10 Å². The van der Waals surface area contributed by atoms with Crippen LogP contribution < -0.4 is 14.8 Å². The first kappa shape index (κ1) is 18.2. The first-order valence-corrected chi connectivity index (χ1v) is 8.27. The molecule has 0 bridgehead atoms. The summed E-state index contributed by atoms with van der Waals surface area (Å²) in [6.45, 7) is 1.61. The van der Waals surface area contributed by atoms with Gasteiger partial charge < -0.3 is 14.8 Å². The average Bonchev–Trinajstić information content (AvgIpc) is 2.68. The molecule has 0 fully saturated rings. The Morgan fingerprint density at radius 2 is 1.81 bits per heavy atom. The standard InChI is InChI=1S/C20H18N2O5/c1-13(27-18-9-5-7-14-6-3-4-8-16(14)18)20(23)21-17-12-15(22(24)25)10-11-19(17)26-2/h3-13H,1-2H3,(H,21,23)/t13-/m1/s1. The zero-order chi connectivity index (χ0) is 19.4. The highest BCUT2D eigenvalue weighted by atomic mass is 16.6. The van der Waals surface area contributed by atoms with Crippen LogP contribution in [0.1, 0.15) is 6.92 Å². The van der Waals surface area contributed by atoms with E-state index in [1.165, 1.54) is 25.3 Å². The van der Waals surface area contributed by atoms with Gasteiger partial charge in [-0.15, -0.1) is 0 Å². The molecule has 1 N–H and O–H groups in total. The van der Waals surface area contributed by atoms with Crippen molar-refractivity contribution in [3.05, 3.63) is 70.8 Å². The summed E-state index contributed by atoms with van der Waals surface area (Å²) < 4.78 is 11.0. The van der Waals surface area contributed by atoms with Crippen LogP contribution in [-0.4, -0.2) is 24.0 Å². The summed E-state index contributed by atoms with van der Waals surface area (Å²) in [5.41, 5.74) is 0.0683. The molecule has 0 saturated heterocycles. The molecule has 0 spiro atoms. The highest BCUT2D eigenvalue weighted by Crippen LogP contribution is 2.30. The SMILES string of the molecule is COc1ccc([N+](=O)[O-])cc1NC(=O)[C@@H](C)Oc1cccc2ccccc12. The third kappa shape index (κ3) is 3.98. The fourth-order valence-corrected chi connectivity index (χ4v) is 2.68. The van der Waals surface area contributed by atoms with E-state index in [1.807, 2.05) is 36.4 Å². The van der Waals surface area contributed by atoms with Crippen molar-refractivity contribution < 1.29 is 19.2 Å². The molecule has 3 rings (SSSR count). The van der Waals surface area contributed by atoms with Crippen molar-refractivity contribution in [2.75, 3.05) is 12.4 Å². The van der Waals surface area contributed by atoms with Crippen LogP contribution in [0.25, 0.3) is 10.8 Å². The molecule has 0 heterocycles. The van der Waals surface area contributed by atoms with Crippen molar-refractivity contribution >= 4 is 28.1 Å². The lowest BCUT2D eigenvalue weighted by molar-refractivity contribution is -0.384. The molecule has 27 heavy (non-hydrogen) atoms. The molecule has 1 amide bonds. The Kier molecular flexibility index (Phi) is 5.21. The second-order valence-electron chi connectivity index (χ2n) is 5.87. The van der Waals surface area contributed by atoms with Gasteiger partial charge >= 0.3 is 0 Å². The Morgan fingerprint density at radius 3 is 2.56 bits per heavy atom. The van der Waals surface area contributed by atoms with Gasteiger partial charge in [0.1, 0.15) is 11.5 Å². The van der Waals surface area contributed by atoms with Gasteiger partial charge in [-0.1, -0.05) is 36.4 Å². The Balaban J connectivity index is 1.80. The van der Waals surface area contributed by atoms with Gasteiger partial charge in [-0.05, 0) is 24.4 Å². The summed E-state index contributed by atoms with van der Waals surface area (Å²) in [5.74, 6) is 0.467. The number of fused-ring (bicyclic) bond motifs is 1. The minimum Gasteiger partial charge on any atom is -0.495 e. The van der Waals surface area contributed by atoms with Crippen molar-refractivity contribution in [3.63, 3.8) is 0 Å². The lowest BCUT2D eigenvalue weighted by Crippen LogP contribution is -2.30. The maximum atomic E-state index is 12.5. The summed E-state index contributed by atoms with van der Waals surface area (Å²) in [7, 11) is 1.42. The monoisotopic (exact) mass is 366 g/mol. The normalized spacial score (nSPS) is 11.6. The Labute approximate surface area is 155 Å². The number of carbonyl (C=O) groups excluding carboxylic acids is 1. The molecule has 3 aromatic rings. The molecule has 0 radical (unpaired) electrons. The summed E-state index contributed by atoms with van der Waals surface area (Å²) >= 11 is 0. The lowest BCUT2D eigenvalue weighted by atomic mass is 10.1. The quantitative estimate of drug-likeness (QED) is 0.522. The molecular formula is C20H18N2O5. The van der Waals surface area contributed by atoms with Crippen LogP contribution >= 0.6 is 0 Å². The molecule has 0 aliphatic carbocycles. The third-order valence-electron chi connectivity index (χ3n) is 4.07. The van der Waals surface area contributed by atoms with Gasteiger partial charge in [0.05, 0.1) is 17.7 Å². The second kappa shape index (κ2) is 7.74. The van der Waals surface area contributed by atoms with Gasteiger partial charge in [-0.2, -0.15) is 0 Å². The van der Waals surface area contributed by atoms with Crippen molar-refractivity contribution in [1.29, 1.82) is 0 Å². The maximum absolute atomic E-state index is 12.5. The minimum absolute atomic E-state index is 0.145. The van der Waals surface area contributed by atoms with E-state index < -0.39 is 16.9 Å². The van der Waals surface area contributed by atoms with Crippen molar-refractivity contribution in [1.82, 2.24) is 0 Å². The largest absolute Gasteiger partial charge is 0.495 e. The predicted molar refractivity (Wildman–Crippen MR) is 102 cm³/mol. The molecule has 3 aromatic carbocycles. The van der Waals surface area contributed by atoms with Crippen molar-refractivity contribution in [2.45, 2.75) is 13.0 Å². The van der Waals surface area contributed by atoms with Crippen LogP contribution in [0.15, 0.2) is 60.7 Å². The topological polar surface area (TPSA) is 90.7 Å². The first-order chi connectivity index (χ1) is 13.0. The molecule has 7 heteroatoms. The molecule has 0 aliphatic rings. The van der Waals surface area contributed by atoms with Crippen LogP contribution in [0.3, 0.4) is 0 Å². The van der Waals surface area contributed by atoms with Gasteiger partial charge in [0.25, 0.3) is 11.6 Å². The highest BCUT2D eigenvalue weighted by Gasteiger charge is 2.19. The maximum Gasteiger partial charge on any atom is 0.271 e. The van der Waals surface area contributed by atoms with E-state index in [-0.39, 0.29) is 11.4 Å². The van der Waals surface area contributed by atoms with Crippen LogP contribution in [0.5, 0.6) is 11.5 Å². The number of hydrogen-bond donors (Lipinski definition) is 1. The van der Waals surface area contributed by atoms with Crippen molar-refractivity contribution in [3.8, 4) is 11.5 Å². The summed E-state index contributed by atoms with van der Waals surface area (Å²) in [6.07, 6.45) is -0.820. The molecule has 0 saturated carbocycles. The number of methoxy groups -OCH3 is 1. The lowest BCUT2D eigenvalue weighted by Gasteiger charge is -2.17. The van der Waals surface area contributed by atoms with Crippen LogP contribution in [0, 0.1) is 10.1 Å². The molecule has 7 nitrogen and oxygen atoms in total. The number of anilines is 1. The van der Waals surface area contributed by atoms with E-state index in [2.05, 4.69) is 5.32 Å². The minimum atomic E-state index is -0.820. The first-order valence-electron chi connectivity index (χ1n) is 8.27. The van der Waals surface area contributed by atoms with Gasteiger partial charge in [0.2, 0.25) is 0 Å². The summed E-state index contributed by atoms with van der Waals surface area (Å²) in [5, 5.41) is 15.5. The van der Waals surface area contributed by atoms with Crippen LogP contribution in [-0.2, 0) is 4.79 Å². The molecular weight excluding hydrogens is 348 g/mol. The zero-order valence-electron chi connectivity index (χ0n) is 14.8. The van der Waals surface area contributed by atoms with Gasteiger partial charge in [0, 0.05) is 17.5 Å². The van der Waals surface area contributed by atoms with E-state index in [1.54, 1.807) is 13.0 Å². The third-order valence-corrected chi connectivity index (χ3v) is 4.07. The van der Waals surface area contributed by atoms with Gasteiger partial charge in [-0.25, -0.2) is 0 Å². The van der Waals surface area contributed by atoms with E-state index >= 15 is 0 Å². The smallest absolute Gasteiger partial charge is 0.271 e. The van der Waals surface area contributed by atoms with Crippen LogP contribution in [0.4, 0.5) is 11.4 Å². The number of nitrogens with zero attached hydrogens (tertiary/aromatic N) is 1. The number of ether oxygens (including phenoxy) is 2. The van der Waals surface area contributed by atoms with E-state index in [4.69, 9.17) is 9.47 Å². The summed E-state index contributed by atoms with van der Waals surface area (Å²) in [4.78, 5) is 23.0. The zero-order valence-corrected chi connectivity index (χ0v) is 14.8. The molecule has 138 valence electrons. The number of nitro groups is 1. The number of carbonyl (C=O) groups is 1. The number of hydrogen-bond acceptors (Lipinski definition) is 5. The second-order valence-corrected chi connectivity index (χ2v) is 5.87. The van der Waals surface area contributed by atoms with Gasteiger partial charge in [-0.3, -0.25) is 14.9 Å². The van der Waals surface area contributed by atoms with Crippen LogP contribution in [0.2, 0.25) is 0 Å². The number of benzene rings is 3. The Bertz CT molecular complexity index is 997. The number of rotatable bonds is 6. The van der Waals surface area contributed by atoms with Crippen molar-refractivity contribution in [2.24, 2.45) is 0 Å². The van der Waals surface area contributed by atoms with E-state index in [0.29, 0.717) is 11.5 Å². The molecule has 0 aliphatic heterocycles. The molecule has 0 unspecified atom stereocenters. The predicted octanol–water partition coefficient (Wildman–Crippen LogP) is 4.16. The number of nitro benzene ring substituents is 1. The average molecular weight is 366 g/mol. The summed E-state index contributed by atoms with van der Waals surface area (Å²) in [6, 6.07) is 17.3. The molecule has 0 aromatic heterocycles. The van der Waals surface area contributed by atoms with E-state index in [9.17, 15) is 14.9 Å². The fourth-order valence-electron chi connectivity index (χ4n) is 2.68. The van der Waals surface area contributed by atoms with E-state index in [0.717, 1.165) is 10.8 Å². The number of non-ortho nitro benzene ring substituents is 1. The number of amides is 1. The fraction of sp³-hybridized carbons (Fsp3) is 0.150. The Hall–Kier alpha value is -3.61. The Morgan fingerprint density at radius 1 is 1.07 bits per heavy atom. The molecule has 1 atom stereocenters. The highest BCUT2D eigenvalue weighted by molar-refractivity contribution is 5.96. The number of nitrogens with one attached hydrogen (secondary N) is 1.